The molecule has 11 nitrogen and oxygen atoms in total. The molecule has 1 aromatic heterocycles. The van der Waals surface area contributed by atoms with Crippen LogP contribution in [0.15, 0.2) is 83.8 Å². The second kappa shape index (κ2) is 17.3. The van der Waals surface area contributed by atoms with Gasteiger partial charge in [0.05, 0.1) is 31.9 Å². The summed E-state index contributed by atoms with van der Waals surface area (Å²) in [5.74, 6) is -3.08. The Bertz CT molecular complexity index is 2390. The first-order valence-electron chi connectivity index (χ1n) is 15.4. The fraction of sp³-hybridized carbons (Fsp3) is 0.167. The maximum absolute atomic E-state index is 13.0. The number of carboxylic acids is 1. The summed E-state index contributed by atoms with van der Waals surface area (Å²) in [7, 11) is -2.67. The maximum atomic E-state index is 13.0. The molecule has 0 saturated carbocycles. The molecular weight excluding hydrogens is 835 g/mol. The van der Waals surface area contributed by atoms with E-state index in [9.17, 15) is 36.0 Å². The van der Waals surface area contributed by atoms with Gasteiger partial charge in [0, 0.05) is 17.6 Å². The number of carbonyl (C=O) groups is 3. The van der Waals surface area contributed by atoms with Crippen LogP contribution < -0.4 is 8.92 Å². The van der Waals surface area contributed by atoms with E-state index in [-0.39, 0.29) is 54.0 Å². The van der Waals surface area contributed by atoms with Gasteiger partial charge in [0.25, 0.3) is 0 Å². The number of alkyl halides is 3. The van der Waals surface area contributed by atoms with Crippen molar-refractivity contribution in [2.45, 2.75) is 37.9 Å². The molecule has 290 valence electrons. The lowest BCUT2D eigenvalue weighted by Gasteiger charge is -2.13. The molecule has 5 aromatic rings. The Morgan fingerprint density at radius 3 is 2.07 bits per heavy atom. The van der Waals surface area contributed by atoms with Crippen molar-refractivity contribution >= 4 is 74.2 Å². The number of ether oxygens (including phenoxy) is 2. The van der Waals surface area contributed by atoms with Crippen LogP contribution in [0.2, 0.25) is 20.1 Å². The zero-order valence-electron chi connectivity index (χ0n) is 28.7. The average Bonchev–Trinajstić information content (AvgIpc) is 3.37. The highest BCUT2D eigenvalue weighted by Gasteiger charge is 2.32. The van der Waals surface area contributed by atoms with E-state index in [1.807, 2.05) is 6.92 Å². The third-order valence-corrected chi connectivity index (χ3v) is 9.75. The molecule has 0 spiro atoms. The van der Waals surface area contributed by atoms with Crippen molar-refractivity contribution in [3.63, 3.8) is 0 Å². The van der Waals surface area contributed by atoms with Crippen molar-refractivity contribution < 1.29 is 54.7 Å². The van der Waals surface area contributed by atoms with Gasteiger partial charge in [0.2, 0.25) is 11.7 Å². The Morgan fingerprint density at radius 1 is 0.836 bits per heavy atom. The lowest BCUT2D eigenvalue weighted by Crippen LogP contribution is -2.23. The number of aryl methyl sites for hydroxylation is 3. The van der Waals surface area contributed by atoms with Crippen LogP contribution in [0.25, 0.3) is 0 Å². The summed E-state index contributed by atoms with van der Waals surface area (Å²) >= 11 is 23.7. The van der Waals surface area contributed by atoms with Crippen molar-refractivity contribution in [1.29, 1.82) is 0 Å². The van der Waals surface area contributed by atoms with Gasteiger partial charge in [-0.05, 0) is 87.5 Å². The second-order valence-corrected chi connectivity index (χ2v) is 14.7. The first-order valence-corrected chi connectivity index (χ1v) is 18.3. The van der Waals surface area contributed by atoms with Gasteiger partial charge >= 0.3 is 28.2 Å². The number of carboxylic acid groups (broad SMARTS) is 1. The number of hydrogen-bond acceptors (Lipinski definition) is 9. The predicted molar refractivity (Wildman–Crippen MR) is 197 cm³/mol. The summed E-state index contributed by atoms with van der Waals surface area (Å²) in [6.45, 7) is 4.59. The number of rotatable bonds is 10. The Labute approximate surface area is 332 Å². The SMILES string of the molecule is C[C@H](OC(=O)c1cc(Oc2ccc(C(F)(F)F)cc2Cl)ccc1Cl)C(=O)O.Cc1ccc(S(=O)(=O)Oc2c(C(=O)c3ccc(Cl)cc3Cl)c(C)nn2C)cc1. The lowest BCUT2D eigenvalue weighted by molar-refractivity contribution is -0.146. The van der Waals surface area contributed by atoms with E-state index in [4.69, 9.17) is 65.2 Å². The summed E-state index contributed by atoms with van der Waals surface area (Å²) in [4.78, 5) is 35.8. The van der Waals surface area contributed by atoms with E-state index >= 15 is 0 Å². The van der Waals surface area contributed by atoms with Crippen LogP contribution in [0, 0.1) is 13.8 Å². The maximum Gasteiger partial charge on any atom is 0.416 e. The van der Waals surface area contributed by atoms with Crippen LogP contribution in [0.3, 0.4) is 0 Å². The second-order valence-electron chi connectivity index (χ2n) is 11.5. The minimum Gasteiger partial charge on any atom is -0.479 e. The topological polar surface area (TPSA) is 151 Å². The highest BCUT2D eigenvalue weighted by molar-refractivity contribution is 7.87. The van der Waals surface area contributed by atoms with E-state index in [1.165, 1.54) is 54.2 Å². The Morgan fingerprint density at radius 2 is 1.49 bits per heavy atom. The predicted octanol–water partition coefficient (Wildman–Crippen LogP) is 9.78. The number of carbonyl (C=O) groups excluding carboxylic acids is 2. The smallest absolute Gasteiger partial charge is 0.416 e. The van der Waals surface area contributed by atoms with Gasteiger partial charge in [0.15, 0.2) is 6.10 Å². The van der Waals surface area contributed by atoms with Crippen molar-refractivity contribution in [3.05, 3.63) is 132 Å². The molecule has 55 heavy (non-hydrogen) atoms. The molecule has 0 fully saturated rings. The number of ketones is 1. The quantitative estimate of drug-likeness (QED) is 0.0817. The average molecular weight is 862 g/mol. The molecule has 1 N–H and O–H groups in total. The zero-order chi connectivity index (χ0) is 41.0. The molecule has 0 aliphatic rings. The van der Waals surface area contributed by atoms with E-state index in [0.717, 1.165) is 30.7 Å². The van der Waals surface area contributed by atoms with Crippen LogP contribution >= 0.6 is 46.4 Å². The summed E-state index contributed by atoms with van der Waals surface area (Å²) in [5.41, 5.74) is 0.284. The van der Waals surface area contributed by atoms with Crippen LogP contribution in [-0.4, -0.2) is 47.1 Å². The fourth-order valence-electron chi connectivity index (χ4n) is 4.54. The van der Waals surface area contributed by atoms with Gasteiger partial charge in [-0.1, -0.05) is 64.1 Å². The molecule has 1 heterocycles. The van der Waals surface area contributed by atoms with Crippen LogP contribution in [0.5, 0.6) is 17.4 Å². The standard InChI is InChI=1S/C19H16Cl2N2O4S.C17H11Cl2F3O5/c1-11-4-7-14(8-5-11)28(25,26)27-19-17(12(2)22-23(19)3)18(24)15-9-6-13(20)10-16(15)21;1-8(15(23)24)26-16(25)11-7-10(3-4-12(11)18)27-14-5-2-9(6-13(14)19)17(20,21)22/h4-10H,1-3H3;2-8H,1H3,(H,23,24)/t;8-/m.0/s1. The van der Waals surface area contributed by atoms with E-state index in [1.54, 1.807) is 19.1 Å². The highest BCUT2D eigenvalue weighted by Crippen LogP contribution is 2.37. The molecule has 0 radical (unpaired) electrons. The third kappa shape index (κ3) is 10.7. The van der Waals surface area contributed by atoms with Crippen molar-refractivity contribution in [2.75, 3.05) is 0 Å². The molecule has 19 heteroatoms. The molecule has 0 bridgehead atoms. The van der Waals surface area contributed by atoms with Crippen molar-refractivity contribution in [1.82, 2.24) is 9.78 Å². The number of aliphatic carboxylic acids is 1. The molecule has 0 aliphatic carbocycles. The van der Waals surface area contributed by atoms with Gasteiger partial charge in [0.1, 0.15) is 22.0 Å². The normalized spacial score (nSPS) is 11.9. The Balaban J connectivity index is 0.000000245. The number of hydrogen-bond donors (Lipinski definition) is 1. The molecule has 0 unspecified atom stereocenters. The fourth-order valence-corrected chi connectivity index (χ4v) is 6.42. The highest BCUT2D eigenvalue weighted by atomic mass is 35.5. The molecule has 0 amide bonds. The minimum atomic E-state index is -4.56. The Hall–Kier alpha value is -4.80. The number of nitrogens with zero attached hydrogens (tertiary/aromatic N) is 2. The summed E-state index contributed by atoms with van der Waals surface area (Å²) in [5, 5.41) is 13.1. The van der Waals surface area contributed by atoms with Crippen LogP contribution in [0.4, 0.5) is 13.2 Å². The van der Waals surface area contributed by atoms with Crippen molar-refractivity contribution in [3.8, 4) is 17.4 Å². The Kier molecular flexibility index (Phi) is 13.5. The van der Waals surface area contributed by atoms with Gasteiger partial charge in [-0.2, -0.15) is 26.7 Å². The minimum absolute atomic E-state index is 0.0161. The first-order chi connectivity index (χ1) is 25.6. The van der Waals surface area contributed by atoms with Crippen LogP contribution in [0.1, 0.15) is 50.0 Å². The van der Waals surface area contributed by atoms with E-state index < -0.39 is 45.7 Å². The van der Waals surface area contributed by atoms with E-state index in [0.29, 0.717) is 16.8 Å². The van der Waals surface area contributed by atoms with Gasteiger partial charge in [-0.3, -0.25) is 4.79 Å². The zero-order valence-corrected chi connectivity index (χ0v) is 32.6. The lowest BCUT2D eigenvalue weighted by atomic mass is 10.0. The number of benzene rings is 4. The van der Waals surface area contributed by atoms with Gasteiger partial charge in [-0.15, -0.1) is 0 Å². The number of esters is 1. The van der Waals surface area contributed by atoms with E-state index in [2.05, 4.69) is 5.10 Å². The third-order valence-electron chi connectivity index (χ3n) is 7.35. The van der Waals surface area contributed by atoms with Crippen molar-refractivity contribution in [2.24, 2.45) is 7.05 Å². The molecule has 4 aromatic carbocycles. The molecule has 0 saturated heterocycles. The van der Waals surface area contributed by atoms with Gasteiger partial charge in [-0.25, -0.2) is 14.3 Å². The monoisotopic (exact) mass is 860 g/mol. The molecule has 1 atom stereocenters. The summed E-state index contributed by atoms with van der Waals surface area (Å²) in [6, 6.07) is 16.9. The molecule has 5 rings (SSSR count). The molecular formula is C36H27Cl4F3N2O9S. The number of aromatic nitrogens is 2. The van der Waals surface area contributed by atoms with Crippen LogP contribution in [-0.2, 0) is 32.9 Å². The molecule has 0 aliphatic heterocycles. The number of halogens is 7. The van der Waals surface area contributed by atoms with Gasteiger partial charge < -0.3 is 18.8 Å². The summed E-state index contributed by atoms with van der Waals surface area (Å²) < 4.78 is 80.0. The summed E-state index contributed by atoms with van der Waals surface area (Å²) in [6.07, 6.45) is -5.96. The largest absolute Gasteiger partial charge is 0.479 e. The first kappa shape index (κ1) is 42.9.